The third kappa shape index (κ3) is 4.38. The fraction of sp³-hybridized carbons (Fsp3) is 0.333. The average molecular weight is 312 g/mol. The van der Waals surface area contributed by atoms with E-state index in [1.54, 1.807) is 18.2 Å². The standard InChI is InChI=1S/C9H13O6PS2/c1-3-17-8-6-4-5-7-9(8)18(11,12)15-14-16(10)13-2/h4-7,16H,3H2,1-2H3. The molecule has 1 atom stereocenters. The number of rotatable bonds is 7. The summed E-state index contributed by atoms with van der Waals surface area (Å²) in [5.74, 6) is 0.710. The van der Waals surface area contributed by atoms with Gasteiger partial charge in [0.1, 0.15) is 4.90 Å². The Morgan fingerprint density at radius 1 is 1.33 bits per heavy atom. The SMILES string of the molecule is CCSc1ccccc1S(=O)(=O)OO[PH](=O)OC. The summed E-state index contributed by atoms with van der Waals surface area (Å²) in [6.07, 6.45) is 0. The van der Waals surface area contributed by atoms with Crippen molar-refractivity contribution >= 4 is 30.1 Å². The first-order chi connectivity index (χ1) is 8.51. The van der Waals surface area contributed by atoms with Gasteiger partial charge in [0.25, 0.3) is 0 Å². The molecule has 0 bridgehead atoms. The van der Waals surface area contributed by atoms with Gasteiger partial charge in [0.2, 0.25) is 0 Å². The summed E-state index contributed by atoms with van der Waals surface area (Å²) in [6, 6.07) is 6.33. The second-order valence-electron chi connectivity index (χ2n) is 2.94. The summed E-state index contributed by atoms with van der Waals surface area (Å²) in [5, 5.41) is 0. The van der Waals surface area contributed by atoms with Gasteiger partial charge in [0, 0.05) is 12.0 Å². The van der Waals surface area contributed by atoms with Gasteiger partial charge in [-0.25, -0.2) is 0 Å². The van der Waals surface area contributed by atoms with E-state index in [4.69, 9.17) is 0 Å². The van der Waals surface area contributed by atoms with Crippen LogP contribution in [-0.4, -0.2) is 21.3 Å². The molecule has 0 radical (unpaired) electrons. The highest BCUT2D eigenvalue weighted by Crippen LogP contribution is 2.30. The van der Waals surface area contributed by atoms with Gasteiger partial charge < -0.3 is 4.52 Å². The molecule has 0 aliphatic rings. The maximum Gasteiger partial charge on any atom is 0.348 e. The molecular weight excluding hydrogens is 299 g/mol. The van der Waals surface area contributed by atoms with Crippen LogP contribution < -0.4 is 0 Å². The van der Waals surface area contributed by atoms with Gasteiger partial charge in [-0.1, -0.05) is 23.4 Å². The molecule has 9 heteroatoms. The van der Waals surface area contributed by atoms with Crippen LogP contribution in [-0.2, 0) is 28.2 Å². The predicted octanol–water partition coefficient (Wildman–Crippen LogP) is 2.47. The second kappa shape index (κ2) is 7.28. The van der Waals surface area contributed by atoms with Gasteiger partial charge in [0.05, 0.1) is 0 Å². The van der Waals surface area contributed by atoms with Crippen LogP contribution in [0.15, 0.2) is 34.1 Å². The highest BCUT2D eigenvalue weighted by atomic mass is 32.2. The zero-order chi connectivity index (χ0) is 13.6. The van der Waals surface area contributed by atoms with Gasteiger partial charge >= 0.3 is 18.4 Å². The molecule has 0 fully saturated rings. The van der Waals surface area contributed by atoms with E-state index in [1.807, 2.05) is 6.92 Å². The molecule has 0 saturated heterocycles. The first-order valence-corrected chi connectivity index (χ1v) is 8.54. The topological polar surface area (TPSA) is 78.9 Å². The number of hydrogen-bond acceptors (Lipinski definition) is 7. The normalized spacial score (nSPS) is 13.4. The van der Waals surface area contributed by atoms with Crippen molar-refractivity contribution in [3.05, 3.63) is 24.3 Å². The van der Waals surface area contributed by atoms with Gasteiger partial charge in [0.15, 0.2) is 0 Å². The van der Waals surface area contributed by atoms with Crippen LogP contribution in [0.5, 0.6) is 0 Å². The van der Waals surface area contributed by atoms with Crippen LogP contribution in [0.3, 0.4) is 0 Å². The van der Waals surface area contributed by atoms with E-state index in [0.717, 1.165) is 7.11 Å². The monoisotopic (exact) mass is 312 g/mol. The van der Waals surface area contributed by atoms with Gasteiger partial charge in [-0.3, -0.25) is 4.57 Å². The van der Waals surface area contributed by atoms with Crippen molar-refractivity contribution in [2.45, 2.75) is 16.7 Å². The minimum absolute atomic E-state index is 0.0252. The molecule has 0 spiro atoms. The Bertz CT molecular complexity index is 516. The third-order valence-corrected chi connectivity index (χ3v) is 4.68. The zero-order valence-corrected chi connectivity index (χ0v) is 12.4. The summed E-state index contributed by atoms with van der Waals surface area (Å²) < 4.78 is 47.1. The third-order valence-electron chi connectivity index (χ3n) is 1.78. The summed E-state index contributed by atoms with van der Waals surface area (Å²) in [6.45, 7) is 1.90. The number of hydrogen-bond donors (Lipinski definition) is 0. The molecule has 1 aromatic carbocycles. The lowest BCUT2D eigenvalue weighted by atomic mass is 10.4. The molecule has 0 aliphatic heterocycles. The lowest BCUT2D eigenvalue weighted by Crippen LogP contribution is -2.06. The van der Waals surface area contributed by atoms with E-state index in [0.29, 0.717) is 10.6 Å². The Kier molecular flexibility index (Phi) is 6.34. The van der Waals surface area contributed by atoms with Crippen molar-refractivity contribution in [1.82, 2.24) is 0 Å². The molecular formula is C9H13O6PS2. The molecule has 102 valence electrons. The molecule has 0 aromatic heterocycles. The van der Waals surface area contributed by atoms with Crippen LogP contribution in [0.1, 0.15) is 6.92 Å². The molecule has 0 N–H and O–H groups in total. The van der Waals surface area contributed by atoms with Gasteiger partial charge in [-0.2, -0.15) is 8.42 Å². The molecule has 0 heterocycles. The molecule has 0 amide bonds. The minimum Gasteiger partial charge on any atom is -0.312 e. The van der Waals surface area contributed by atoms with E-state index in [2.05, 4.69) is 13.5 Å². The summed E-state index contributed by atoms with van der Waals surface area (Å²) >= 11 is 1.35. The number of benzene rings is 1. The highest BCUT2D eigenvalue weighted by Gasteiger charge is 2.21. The molecule has 6 nitrogen and oxygen atoms in total. The lowest BCUT2D eigenvalue weighted by molar-refractivity contribution is -0.0963. The smallest absolute Gasteiger partial charge is 0.312 e. The molecule has 1 aromatic rings. The summed E-state index contributed by atoms with van der Waals surface area (Å²) in [7, 11) is -5.94. The van der Waals surface area contributed by atoms with Crippen molar-refractivity contribution in [2.75, 3.05) is 12.9 Å². The van der Waals surface area contributed by atoms with E-state index >= 15 is 0 Å². The lowest BCUT2D eigenvalue weighted by Gasteiger charge is -2.08. The molecule has 1 rings (SSSR count). The average Bonchev–Trinajstić information content (AvgIpc) is 2.37. The second-order valence-corrected chi connectivity index (χ2v) is 6.80. The van der Waals surface area contributed by atoms with Crippen molar-refractivity contribution in [3.63, 3.8) is 0 Å². The Morgan fingerprint density at radius 3 is 2.61 bits per heavy atom. The Labute approximate surface area is 111 Å². The van der Waals surface area contributed by atoms with E-state index in [-0.39, 0.29) is 4.90 Å². The largest absolute Gasteiger partial charge is 0.348 e. The van der Waals surface area contributed by atoms with Crippen molar-refractivity contribution < 1.29 is 26.5 Å². The maximum atomic E-state index is 11.8. The van der Waals surface area contributed by atoms with Gasteiger partial charge in [-0.15, -0.1) is 16.4 Å². The highest BCUT2D eigenvalue weighted by molar-refractivity contribution is 8.00. The van der Waals surface area contributed by atoms with Crippen LogP contribution in [0.25, 0.3) is 0 Å². The van der Waals surface area contributed by atoms with Crippen LogP contribution in [0.2, 0.25) is 0 Å². The van der Waals surface area contributed by atoms with Crippen molar-refractivity contribution in [1.29, 1.82) is 0 Å². The van der Waals surface area contributed by atoms with Crippen molar-refractivity contribution in [2.24, 2.45) is 0 Å². The Hall–Kier alpha value is -0.370. The first kappa shape index (κ1) is 15.7. The Morgan fingerprint density at radius 2 is 2.00 bits per heavy atom. The molecule has 0 saturated carbocycles. The van der Waals surface area contributed by atoms with E-state index in [1.165, 1.54) is 17.8 Å². The summed E-state index contributed by atoms with van der Waals surface area (Å²) in [5.41, 5.74) is 0. The molecule has 18 heavy (non-hydrogen) atoms. The zero-order valence-electron chi connectivity index (χ0n) is 9.78. The van der Waals surface area contributed by atoms with Crippen LogP contribution in [0.4, 0.5) is 0 Å². The minimum atomic E-state index is -4.12. The van der Waals surface area contributed by atoms with Gasteiger partial charge in [-0.05, 0) is 17.9 Å². The number of thioether (sulfide) groups is 1. The Balaban J connectivity index is 2.94. The van der Waals surface area contributed by atoms with Crippen LogP contribution in [0, 0.1) is 0 Å². The fourth-order valence-corrected chi connectivity index (χ4v) is 3.54. The fourth-order valence-electron chi connectivity index (χ4n) is 1.07. The first-order valence-electron chi connectivity index (χ1n) is 4.92. The summed E-state index contributed by atoms with van der Waals surface area (Å²) in [4.78, 5) is 0.517. The van der Waals surface area contributed by atoms with E-state index < -0.39 is 18.4 Å². The predicted molar refractivity (Wildman–Crippen MR) is 68.2 cm³/mol. The maximum absolute atomic E-state index is 11.8. The molecule has 0 aliphatic carbocycles. The van der Waals surface area contributed by atoms with E-state index in [9.17, 15) is 13.0 Å². The quantitative estimate of drug-likeness (QED) is 0.331. The molecule has 1 unspecified atom stereocenters. The van der Waals surface area contributed by atoms with Crippen LogP contribution >= 0.6 is 20.0 Å². The van der Waals surface area contributed by atoms with Crippen molar-refractivity contribution in [3.8, 4) is 0 Å².